The molecule has 2 aromatic heterocycles. The van der Waals surface area contributed by atoms with Gasteiger partial charge in [-0.3, -0.25) is 4.79 Å². The lowest BCUT2D eigenvalue weighted by Crippen LogP contribution is -2.25. The number of aryl methyl sites for hydroxylation is 1. The Bertz CT molecular complexity index is 867. The summed E-state index contributed by atoms with van der Waals surface area (Å²) in [7, 11) is 0. The summed E-state index contributed by atoms with van der Waals surface area (Å²) in [4.78, 5) is 17.7. The maximum absolute atomic E-state index is 12.4. The first-order valence-corrected chi connectivity index (χ1v) is 9.68. The van der Waals surface area contributed by atoms with E-state index in [0.29, 0.717) is 12.5 Å². The van der Waals surface area contributed by atoms with Crippen molar-refractivity contribution in [2.45, 2.75) is 33.6 Å². The van der Waals surface area contributed by atoms with E-state index in [4.69, 9.17) is 0 Å². The second kappa shape index (κ2) is 8.27. The molecule has 0 atom stereocenters. The molecule has 26 heavy (non-hydrogen) atoms. The third kappa shape index (κ3) is 4.58. The Morgan fingerprint density at radius 2 is 2.04 bits per heavy atom. The van der Waals surface area contributed by atoms with Crippen molar-refractivity contribution < 1.29 is 4.79 Å². The number of para-hydroxylation sites is 1. The maximum Gasteiger partial charge on any atom is 0.263 e. The van der Waals surface area contributed by atoms with Crippen LogP contribution in [0.25, 0.3) is 5.69 Å². The standard InChI is InChI=1S/C20H24N4OS/c1-14(2)11-18-23-15(3)19(26-18)20(25)21-10-9-16-12-22-24(13-16)17-7-5-4-6-8-17/h4-8,12-14H,9-11H2,1-3H3,(H,21,25). The molecule has 2 heterocycles. The zero-order chi connectivity index (χ0) is 18.5. The molecule has 0 unspecified atom stereocenters. The fourth-order valence-electron chi connectivity index (χ4n) is 2.71. The number of rotatable bonds is 7. The molecule has 0 saturated carbocycles. The van der Waals surface area contributed by atoms with Crippen molar-refractivity contribution in [3.63, 3.8) is 0 Å². The summed E-state index contributed by atoms with van der Waals surface area (Å²) in [6, 6.07) is 9.99. The molecule has 1 N–H and O–H groups in total. The molecular formula is C20H24N4OS. The van der Waals surface area contributed by atoms with Crippen LogP contribution in [-0.2, 0) is 12.8 Å². The largest absolute Gasteiger partial charge is 0.351 e. The Hall–Kier alpha value is -2.47. The fraction of sp³-hybridized carbons (Fsp3) is 0.350. The lowest BCUT2D eigenvalue weighted by atomic mass is 10.1. The first kappa shape index (κ1) is 18.3. The SMILES string of the molecule is Cc1nc(CC(C)C)sc1C(=O)NCCc1cnn(-c2ccccc2)c1. The second-order valence-corrected chi connectivity index (χ2v) is 7.84. The number of benzene rings is 1. The van der Waals surface area contributed by atoms with Crippen molar-refractivity contribution >= 4 is 17.2 Å². The van der Waals surface area contributed by atoms with Gasteiger partial charge in [0, 0.05) is 19.2 Å². The normalized spacial score (nSPS) is 11.1. The van der Waals surface area contributed by atoms with Crippen LogP contribution in [0.2, 0.25) is 0 Å². The molecule has 1 aromatic carbocycles. The molecule has 0 fully saturated rings. The predicted molar refractivity (Wildman–Crippen MR) is 105 cm³/mol. The number of amides is 1. The van der Waals surface area contributed by atoms with E-state index in [2.05, 4.69) is 29.2 Å². The van der Waals surface area contributed by atoms with E-state index >= 15 is 0 Å². The van der Waals surface area contributed by atoms with Gasteiger partial charge in [0.05, 0.1) is 22.6 Å². The Morgan fingerprint density at radius 1 is 1.27 bits per heavy atom. The van der Waals surface area contributed by atoms with Crippen molar-refractivity contribution in [3.8, 4) is 5.69 Å². The maximum atomic E-state index is 12.4. The van der Waals surface area contributed by atoms with Gasteiger partial charge in [0.25, 0.3) is 5.91 Å². The minimum absolute atomic E-state index is 0.0366. The van der Waals surface area contributed by atoms with Crippen molar-refractivity contribution in [3.05, 3.63) is 63.9 Å². The quantitative estimate of drug-likeness (QED) is 0.690. The summed E-state index contributed by atoms with van der Waals surface area (Å²) in [6.07, 6.45) is 5.50. The molecule has 0 bridgehead atoms. The van der Waals surface area contributed by atoms with Gasteiger partial charge in [-0.05, 0) is 37.0 Å². The van der Waals surface area contributed by atoms with Crippen LogP contribution in [0.5, 0.6) is 0 Å². The van der Waals surface area contributed by atoms with Gasteiger partial charge in [0.15, 0.2) is 0 Å². The van der Waals surface area contributed by atoms with E-state index in [0.717, 1.165) is 39.7 Å². The molecule has 0 saturated heterocycles. The van der Waals surface area contributed by atoms with E-state index < -0.39 is 0 Å². The summed E-state index contributed by atoms with van der Waals surface area (Å²) in [5, 5.41) is 8.42. The number of thiazole rings is 1. The predicted octanol–water partition coefficient (Wildman–Crippen LogP) is 3.81. The van der Waals surface area contributed by atoms with E-state index in [1.165, 1.54) is 11.3 Å². The van der Waals surface area contributed by atoms with Crippen molar-refractivity contribution in [2.24, 2.45) is 5.92 Å². The Labute approximate surface area is 158 Å². The van der Waals surface area contributed by atoms with Crippen LogP contribution in [-0.4, -0.2) is 27.2 Å². The highest BCUT2D eigenvalue weighted by atomic mass is 32.1. The van der Waals surface area contributed by atoms with Gasteiger partial charge in [-0.2, -0.15) is 5.10 Å². The van der Waals surface area contributed by atoms with E-state index in [-0.39, 0.29) is 5.91 Å². The number of carbonyl (C=O) groups is 1. The molecule has 0 aliphatic rings. The number of hydrogen-bond donors (Lipinski definition) is 1. The van der Waals surface area contributed by atoms with Gasteiger partial charge in [0.1, 0.15) is 4.88 Å². The van der Waals surface area contributed by atoms with Crippen LogP contribution in [0, 0.1) is 12.8 Å². The Balaban J connectivity index is 1.54. The lowest BCUT2D eigenvalue weighted by Gasteiger charge is -2.03. The summed E-state index contributed by atoms with van der Waals surface area (Å²) in [5.41, 5.74) is 2.94. The highest BCUT2D eigenvalue weighted by molar-refractivity contribution is 7.13. The van der Waals surface area contributed by atoms with Gasteiger partial charge in [0.2, 0.25) is 0 Å². The number of hydrogen-bond acceptors (Lipinski definition) is 4. The zero-order valence-electron chi connectivity index (χ0n) is 15.4. The minimum Gasteiger partial charge on any atom is -0.351 e. The molecule has 136 valence electrons. The highest BCUT2D eigenvalue weighted by Crippen LogP contribution is 2.20. The second-order valence-electron chi connectivity index (χ2n) is 6.75. The molecule has 0 aliphatic heterocycles. The van der Waals surface area contributed by atoms with Gasteiger partial charge >= 0.3 is 0 Å². The zero-order valence-corrected chi connectivity index (χ0v) is 16.2. The summed E-state index contributed by atoms with van der Waals surface area (Å²) < 4.78 is 1.85. The van der Waals surface area contributed by atoms with Crippen LogP contribution in [0.4, 0.5) is 0 Å². The third-order valence-electron chi connectivity index (χ3n) is 3.99. The summed E-state index contributed by atoms with van der Waals surface area (Å²) in [5.74, 6) is 0.503. The average Bonchev–Trinajstić information content (AvgIpc) is 3.22. The molecule has 6 heteroatoms. The molecule has 0 aliphatic carbocycles. The van der Waals surface area contributed by atoms with Gasteiger partial charge in [-0.1, -0.05) is 32.0 Å². The van der Waals surface area contributed by atoms with Crippen molar-refractivity contribution in [2.75, 3.05) is 6.54 Å². The topological polar surface area (TPSA) is 59.8 Å². The van der Waals surface area contributed by atoms with E-state index in [1.807, 2.05) is 54.3 Å². The molecule has 3 aromatic rings. The van der Waals surface area contributed by atoms with Gasteiger partial charge in [-0.15, -0.1) is 11.3 Å². The molecular weight excluding hydrogens is 344 g/mol. The van der Waals surface area contributed by atoms with Gasteiger partial charge < -0.3 is 5.32 Å². The monoisotopic (exact) mass is 368 g/mol. The number of carbonyl (C=O) groups excluding carboxylic acids is 1. The van der Waals surface area contributed by atoms with Crippen molar-refractivity contribution in [1.29, 1.82) is 0 Å². The number of aromatic nitrogens is 3. The fourth-order valence-corrected chi connectivity index (χ4v) is 3.90. The Morgan fingerprint density at radius 3 is 2.77 bits per heavy atom. The average molecular weight is 369 g/mol. The molecule has 3 rings (SSSR count). The smallest absolute Gasteiger partial charge is 0.263 e. The first-order chi connectivity index (χ1) is 12.5. The Kier molecular flexibility index (Phi) is 5.83. The van der Waals surface area contributed by atoms with Crippen LogP contribution >= 0.6 is 11.3 Å². The van der Waals surface area contributed by atoms with Crippen LogP contribution < -0.4 is 5.32 Å². The van der Waals surface area contributed by atoms with Crippen LogP contribution in [0.1, 0.15) is 39.8 Å². The summed E-state index contributed by atoms with van der Waals surface area (Å²) in [6.45, 7) is 6.80. The molecule has 1 amide bonds. The minimum atomic E-state index is -0.0366. The van der Waals surface area contributed by atoms with Crippen LogP contribution in [0.15, 0.2) is 42.7 Å². The third-order valence-corrected chi connectivity index (χ3v) is 5.16. The first-order valence-electron chi connectivity index (χ1n) is 8.86. The van der Waals surface area contributed by atoms with E-state index in [9.17, 15) is 4.79 Å². The van der Waals surface area contributed by atoms with Crippen molar-refractivity contribution in [1.82, 2.24) is 20.1 Å². The highest BCUT2D eigenvalue weighted by Gasteiger charge is 2.15. The number of nitrogens with zero attached hydrogens (tertiary/aromatic N) is 3. The summed E-state index contributed by atoms with van der Waals surface area (Å²) >= 11 is 1.50. The van der Waals surface area contributed by atoms with Gasteiger partial charge in [-0.25, -0.2) is 9.67 Å². The molecule has 0 spiro atoms. The lowest BCUT2D eigenvalue weighted by molar-refractivity contribution is 0.0957. The molecule has 5 nitrogen and oxygen atoms in total. The number of nitrogens with one attached hydrogen (secondary N) is 1. The van der Waals surface area contributed by atoms with E-state index in [1.54, 1.807) is 0 Å². The molecule has 0 radical (unpaired) electrons. The van der Waals surface area contributed by atoms with Crippen LogP contribution in [0.3, 0.4) is 0 Å².